The van der Waals surface area contributed by atoms with E-state index in [2.05, 4.69) is 16.4 Å². The Balaban J connectivity index is 1.38. The van der Waals surface area contributed by atoms with Gasteiger partial charge in [-0.2, -0.15) is 0 Å². The molecule has 2 N–H and O–H groups in total. The maximum atomic E-state index is 11.9. The van der Waals surface area contributed by atoms with Crippen LogP contribution in [-0.4, -0.2) is 30.0 Å². The predicted molar refractivity (Wildman–Crippen MR) is 92.5 cm³/mol. The molecule has 5 heteroatoms. The number of amides is 1. The largest absolute Gasteiger partial charge is 0.455 e. The quantitative estimate of drug-likeness (QED) is 0.801. The number of hydrogen-bond donors (Lipinski definition) is 2. The lowest BCUT2D eigenvalue weighted by Crippen LogP contribution is -2.32. The van der Waals surface area contributed by atoms with Crippen LogP contribution in [-0.2, 0) is 20.7 Å². The van der Waals surface area contributed by atoms with Crippen LogP contribution in [0.1, 0.15) is 37.7 Å². The number of benzene rings is 1. The highest BCUT2D eigenvalue weighted by atomic mass is 16.5. The molecular weight excluding hydrogens is 304 g/mol. The molecule has 1 saturated carbocycles. The number of aromatic nitrogens is 1. The van der Waals surface area contributed by atoms with Gasteiger partial charge < -0.3 is 15.0 Å². The zero-order chi connectivity index (χ0) is 16.8. The molecule has 0 spiro atoms. The van der Waals surface area contributed by atoms with Crippen LogP contribution in [0.2, 0.25) is 0 Å². The lowest BCUT2D eigenvalue weighted by atomic mass is 9.89. The molecule has 1 aromatic heterocycles. The minimum atomic E-state index is -0.237. The molecule has 0 radical (unpaired) electrons. The van der Waals surface area contributed by atoms with Gasteiger partial charge in [-0.25, -0.2) is 0 Å². The maximum Gasteiger partial charge on any atom is 0.309 e. The average Bonchev–Trinajstić information content (AvgIpc) is 3.04. The van der Waals surface area contributed by atoms with Crippen molar-refractivity contribution in [3.63, 3.8) is 0 Å². The van der Waals surface area contributed by atoms with Crippen molar-refractivity contribution in [2.24, 2.45) is 5.92 Å². The van der Waals surface area contributed by atoms with Crippen molar-refractivity contribution in [1.82, 2.24) is 10.3 Å². The Morgan fingerprint density at radius 2 is 1.96 bits per heavy atom. The molecule has 24 heavy (non-hydrogen) atoms. The number of nitrogens with one attached hydrogen (secondary N) is 2. The number of carbonyl (C=O) groups excluding carboxylic acids is 2. The monoisotopic (exact) mass is 328 g/mol. The number of aromatic amines is 1. The minimum absolute atomic E-state index is 0.0160. The molecule has 1 heterocycles. The molecule has 3 rings (SSSR count). The summed E-state index contributed by atoms with van der Waals surface area (Å²) in [5, 5.41) is 3.99. The van der Waals surface area contributed by atoms with Gasteiger partial charge >= 0.3 is 5.97 Å². The normalized spacial score (nSPS) is 15.3. The highest BCUT2D eigenvalue weighted by molar-refractivity contribution is 5.83. The molecule has 1 amide bonds. The van der Waals surface area contributed by atoms with Crippen LogP contribution in [0.15, 0.2) is 30.5 Å². The van der Waals surface area contributed by atoms with Crippen LogP contribution >= 0.6 is 0 Å². The fraction of sp³-hybridized carbons (Fsp3) is 0.474. The first-order chi connectivity index (χ1) is 11.7. The average molecular weight is 328 g/mol. The summed E-state index contributed by atoms with van der Waals surface area (Å²) < 4.78 is 5.14. The van der Waals surface area contributed by atoms with Gasteiger partial charge in [-0.1, -0.05) is 37.5 Å². The summed E-state index contributed by atoms with van der Waals surface area (Å²) >= 11 is 0. The van der Waals surface area contributed by atoms with Crippen LogP contribution in [0.4, 0.5) is 0 Å². The summed E-state index contributed by atoms with van der Waals surface area (Å²) in [5.74, 6) is -0.474. The molecule has 1 aromatic carbocycles. The Morgan fingerprint density at radius 1 is 1.17 bits per heavy atom. The number of para-hydroxylation sites is 1. The summed E-state index contributed by atoms with van der Waals surface area (Å²) in [5.41, 5.74) is 2.27. The van der Waals surface area contributed by atoms with Crippen LogP contribution in [0.25, 0.3) is 10.9 Å². The highest BCUT2D eigenvalue weighted by Crippen LogP contribution is 2.24. The molecule has 1 aliphatic rings. The van der Waals surface area contributed by atoms with Crippen LogP contribution < -0.4 is 5.32 Å². The molecule has 2 aromatic rings. The van der Waals surface area contributed by atoms with Crippen molar-refractivity contribution < 1.29 is 14.3 Å². The smallest absolute Gasteiger partial charge is 0.309 e. The molecule has 1 fully saturated rings. The summed E-state index contributed by atoms with van der Waals surface area (Å²) in [7, 11) is 0. The summed E-state index contributed by atoms with van der Waals surface area (Å²) in [6.45, 7) is 0.352. The van der Waals surface area contributed by atoms with E-state index in [1.165, 1.54) is 17.4 Å². The third kappa shape index (κ3) is 4.16. The number of hydrogen-bond acceptors (Lipinski definition) is 3. The summed E-state index contributed by atoms with van der Waals surface area (Å²) in [6, 6.07) is 8.09. The Kier molecular flexibility index (Phi) is 5.51. The van der Waals surface area contributed by atoms with Crippen molar-refractivity contribution in [2.45, 2.75) is 38.5 Å². The third-order valence-corrected chi connectivity index (χ3v) is 4.68. The molecule has 5 nitrogen and oxygen atoms in total. The predicted octanol–water partition coefficient (Wildman–Crippen LogP) is 2.95. The molecule has 0 bridgehead atoms. The summed E-state index contributed by atoms with van der Waals surface area (Å²) in [6.07, 6.45) is 7.85. The van der Waals surface area contributed by atoms with E-state index in [0.29, 0.717) is 6.54 Å². The van der Waals surface area contributed by atoms with Crippen molar-refractivity contribution >= 4 is 22.8 Å². The fourth-order valence-corrected chi connectivity index (χ4v) is 3.32. The van der Waals surface area contributed by atoms with Crippen molar-refractivity contribution in [1.29, 1.82) is 0 Å². The van der Waals surface area contributed by atoms with Crippen LogP contribution in [0, 0.1) is 5.92 Å². The minimum Gasteiger partial charge on any atom is -0.455 e. The number of fused-ring (bicyclic) bond motifs is 1. The molecule has 0 unspecified atom stereocenters. The van der Waals surface area contributed by atoms with Gasteiger partial charge in [0.1, 0.15) is 0 Å². The van der Waals surface area contributed by atoms with Gasteiger partial charge in [0.05, 0.1) is 5.92 Å². The first-order valence-corrected chi connectivity index (χ1v) is 8.72. The number of ether oxygens (including phenoxy) is 1. The van der Waals surface area contributed by atoms with E-state index >= 15 is 0 Å². The highest BCUT2D eigenvalue weighted by Gasteiger charge is 2.22. The number of carbonyl (C=O) groups is 2. The molecule has 0 atom stereocenters. The standard InChI is InChI=1S/C19H24N2O3/c22-18(13-24-19(23)14-6-2-1-3-7-14)20-11-10-15-12-21-17-9-5-4-8-16(15)17/h4-5,8-9,12,14,21H,1-3,6-7,10-11,13H2,(H,20,22). The van der Waals surface area contributed by atoms with E-state index < -0.39 is 0 Å². The first-order valence-electron chi connectivity index (χ1n) is 8.72. The van der Waals surface area contributed by atoms with Crippen molar-refractivity contribution in [3.8, 4) is 0 Å². The van der Waals surface area contributed by atoms with Gasteiger partial charge in [-0.15, -0.1) is 0 Å². The number of esters is 1. The van der Waals surface area contributed by atoms with E-state index in [4.69, 9.17) is 4.74 Å². The molecule has 0 saturated heterocycles. The zero-order valence-electron chi connectivity index (χ0n) is 13.8. The lowest BCUT2D eigenvalue weighted by Gasteiger charge is -2.19. The number of H-pyrrole nitrogens is 1. The second-order valence-corrected chi connectivity index (χ2v) is 6.40. The van der Waals surface area contributed by atoms with E-state index in [1.807, 2.05) is 24.4 Å². The summed E-state index contributed by atoms with van der Waals surface area (Å²) in [4.78, 5) is 27.0. The SMILES string of the molecule is O=C(COC(=O)C1CCCCC1)NCCc1c[nH]c2ccccc12. The van der Waals surface area contributed by atoms with Gasteiger partial charge in [0.15, 0.2) is 6.61 Å². The second kappa shape index (κ2) is 7.99. The van der Waals surface area contributed by atoms with E-state index in [0.717, 1.165) is 37.6 Å². The first kappa shape index (κ1) is 16.6. The lowest BCUT2D eigenvalue weighted by molar-refractivity contribution is -0.153. The van der Waals surface area contributed by atoms with Gasteiger partial charge in [0, 0.05) is 23.6 Å². The van der Waals surface area contributed by atoms with Gasteiger partial charge in [0.25, 0.3) is 5.91 Å². The van der Waals surface area contributed by atoms with Crippen molar-refractivity contribution in [3.05, 3.63) is 36.0 Å². The molecule has 1 aliphatic carbocycles. The third-order valence-electron chi connectivity index (χ3n) is 4.68. The maximum absolute atomic E-state index is 11.9. The van der Waals surface area contributed by atoms with Crippen molar-refractivity contribution in [2.75, 3.05) is 13.2 Å². The molecule has 0 aliphatic heterocycles. The fourth-order valence-electron chi connectivity index (χ4n) is 3.32. The second-order valence-electron chi connectivity index (χ2n) is 6.40. The topological polar surface area (TPSA) is 71.2 Å². The van der Waals surface area contributed by atoms with Gasteiger partial charge in [0.2, 0.25) is 0 Å². The van der Waals surface area contributed by atoms with Crippen LogP contribution in [0.5, 0.6) is 0 Å². The number of rotatable bonds is 6. The Bertz CT molecular complexity index is 701. The van der Waals surface area contributed by atoms with Gasteiger partial charge in [-0.3, -0.25) is 9.59 Å². The zero-order valence-corrected chi connectivity index (χ0v) is 13.8. The van der Waals surface area contributed by atoms with E-state index in [-0.39, 0.29) is 24.4 Å². The Morgan fingerprint density at radius 3 is 2.79 bits per heavy atom. The Hall–Kier alpha value is -2.30. The van der Waals surface area contributed by atoms with Gasteiger partial charge in [-0.05, 0) is 30.9 Å². The molecular formula is C19H24N2O3. The molecule has 128 valence electrons. The van der Waals surface area contributed by atoms with E-state index in [1.54, 1.807) is 0 Å². The van der Waals surface area contributed by atoms with E-state index in [9.17, 15) is 9.59 Å². The van der Waals surface area contributed by atoms with Crippen LogP contribution in [0.3, 0.4) is 0 Å². The Labute approximate surface area is 141 Å².